The molecule has 9 heteroatoms. The van der Waals surface area contributed by atoms with Crippen LogP contribution < -0.4 is 16.0 Å². The van der Waals surface area contributed by atoms with Crippen molar-refractivity contribution in [1.82, 2.24) is 20.9 Å². The van der Waals surface area contributed by atoms with Gasteiger partial charge in [-0.25, -0.2) is 14.4 Å². The van der Waals surface area contributed by atoms with Crippen LogP contribution in [-0.4, -0.2) is 53.6 Å². The van der Waals surface area contributed by atoms with Crippen molar-refractivity contribution in [2.24, 2.45) is 5.92 Å². The Bertz CT molecular complexity index is 719. The van der Waals surface area contributed by atoms with Gasteiger partial charge in [-0.05, 0) is 32.6 Å². The molecule has 27 heavy (non-hydrogen) atoms. The van der Waals surface area contributed by atoms with Gasteiger partial charge in [0.2, 0.25) is 0 Å². The van der Waals surface area contributed by atoms with Gasteiger partial charge in [0.05, 0.1) is 30.5 Å². The molecule has 0 aromatic carbocycles. The van der Waals surface area contributed by atoms with Crippen molar-refractivity contribution in [2.75, 3.05) is 13.2 Å². The zero-order chi connectivity index (χ0) is 19.8. The minimum atomic E-state index is -0.886. The van der Waals surface area contributed by atoms with Crippen LogP contribution in [0.3, 0.4) is 0 Å². The van der Waals surface area contributed by atoms with E-state index in [9.17, 15) is 19.2 Å². The summed E-state index contributed by atoms with van der Waals surface area (Å²) in [5.41, 5.74) is -0.453. The number of ether oxygens (including phenoxy) is 1. The smallest absolute Gasteiger partial charge is 0.337 e. The van der Waals surface area contributed by atoms with E-state index in [4.69, 9.17) is 4.74 Å². The Hall–Kier alpha value is -2.58. The van der Waals surface area contributed by atoms with Crippen LogP contribution in [0, 0.1) is 5.92 Å². The van der Waals surface area contributed by atoms with Crippen LogP contribution in [0.4, 0.5) is 9.59 Å². The van der Waals surface area contributed by atoms with E-state index in [1.54, 1.807) is 13.8 Å². The van der Waals surface area contributed by atoms with E-state index in [0.717, 1.165) is 24.2 Å². The van der Waals surface area contributed by atoms with E-state index in [0.29, 0.717) is 6.42 Å². The molecule has 3 atom stereocenters. The molecule has 3 rings (SSSR count). The number of amides is 5. The molecule has 0 bridgehead atoms. The average molecular weight is 378 g/mol. The summed E-state index contributed by atoms with van der Waals surface area (Å²) in [5.74, 6) is -0.844. The Labute approximate surface area is 157 Å². The Balaban J connectivity index is 1.90. The van der Waals surface area contributed by atoms with Gasteiger partial charge in [-0.15, -0.1) is 0 Å². The summed E-state index contributed by atoms with van der Waals surface area (Å²) in [6, 6.07) is -1.57. The molecule has 0 aromatic heterocycles. The van der Waals surface area contributed by atoms with Gasteiger partial charge in [0, 0.05) is 0 Å². The third-order valence-corrected chi connectivity index (χ3v) is 5.68. The van der Waals surface area contributed by atoms with Crippen LogP contribution in [0.1, 0.15) is 46.5 Å². The van der Waals surface area contributed by atoms with Gasteiger partial charge < -0.3 is 20.7 Å². The van der Waals surface area contributed by atoms with Crippen molar-refractivity contribution in [1.29, 1.82) is 0 Å². The van der Waals surface area contributed by atoms with E-state index < -0.39 is 29.6 Å². The number of hydrogen-bond donors (Lipinski definition) is 3. The van der Waals surface area contributed by atoms with Crippen molar-refractivity contribution >= 4 is 23.9 Å². The Morgan fingerprint density at radius 2 is 2.00 bits per heavy atom. The first kappa shape index (κ1) is 19.2. The Kier molecular flexibility index (Phi) is 5.12. The highest BCUT2D eigenvalue weighted by Gasteiger charge is 2.55. The first-order valence-corrected chi connectivity index (χ1v) is 9.42. The number of imide groups is 1. The van der Waals surface area contributed by atoms with E-state index in [2.05, 4.69) is 16.0 Å². The van der Waals surface area contributed by atoms with Crippen LogP contribution in [0.2, 0.25) is 0 Å². The largest absolute Gasteiger partial charge is 0.463 e. The first-order valence-electron chi connectivity index (χ1n) is 9.42. The Morgan fingerprint density at radius 3 is 2.67 bits per heavy atom. The lowest BCUT2D eigenvalue weighted by atomic mass is 9.73. The molecule has 3 aliphatic rings. The predicted molar refractivity (Wildman–Crippen MR) is 95.4 cm³/mol. The van der Waals surface area contributed by atoms with E-state index in [1.807, 2.05) is 6.92 Å². The van der Waals surface area contributed by atoms with Crippen molar-refractivity contribution in [3.8, 4) is 0 Å². The van der Waals surface area contributed by atoms with Gasteiger partial charge in [0.25, 0.3) is 5.91 Å². The maximum absolute atomic E-state index is 13.1. The lowest BCUT2D eigenvalue weighted by Crippen LogP contribution is -2.54. The maximum atomic E-state index is 13.1. The number of nitrogens with zero attached hydrogens (tertiary/aromatic N) is 1. The fraction of sp³-hybridized carbons (Fsp3) is 0.667. The van der Waals surface area contributed by atoms with Gasteiger partial charge in [-0.1, -0.05) is 19.8 Å². The zero-order valence-electron chi connectivity index (χ0n) is 15.9. The number of esters is 1. The third kappa shape index (κ3) is 3.26. The van der Waals surface area contributed by atoms with Crippen LogP contribution >= 0.6 is 0 Å². The molecule has 9 nitrogen and oxygen atoms in total. The Morgan fingerprint density at radius 1 is 1.26 bits per heavy atom. The summed E-state index contributed by atoms with van der Waals surface area (Å²) in [4.78, 5) is 51.0. The summed E-state index contributed by atoms with van der Waals surface area (Å²) in [6.45, 7) is 5.31. The summed E-state index contributed by atoms with van der Waals surface area (Å²) >= 11 is 0. The molecule has 148 valence electrons. The highest BCUT2D eigenvalue weighted by atomic mass is 16.5. The minimum Gasteiger partial charge on any atom is -0.463 e. The molecule has 5 amide bonds. The molecule has 1 saturated carbocycles. The molecule has 1 aliphatic carbocycles. The third-order valence-electron chi connectivity index (χ3n) is 5.68. The highest BCUT2D eigenvalue weighted by molar-refractivity contribution is 6.07. The SMILES string of the molecule is CCOC(=O)C1=C(CN2C(=O)N[C@@]3(CCCC[C@@H]3C)C2=O)NC(=O)N[C@H]1C. The second-order valence-electron chi connectivity index (χ2n) is 7.37. The van der Waals surface area contributed by atoms with Gasteiger partial charge >= 0.3 is 18.0 Å². The molecule has 0 aromatic rings. The molecule has 1 saturated heterocycles. The lowest BCUT2D eigenvalue weighted by molar-refractivity contribution is -0.139. The second-order valence-corrected chi connectivity index (χ2v) is 7.37. The van der Waals surface area contributed by atoms with Gasteiger partial charge in [0.15, 0.2) is 0 Å². The minimum absolute atomic E-state index is 0.0349. The summed E-state index contributed by atoms with van der Waals surface area (Å²) in [7, 11) is 0. The highest BCUT2D eigenvalue weighted by Crippen LogP contribution is 2.38. The molecule has 1 spiro atoms. The van der Waals surface area contributed by atoms with E-state index >= 15 is 0 Å². The lowest BCUT2D eigenvalue weighted by Gasteiger charge is -2.37. The predicted octanol–water partition coefficient (Wildman–Crippen LogP) is 1.01. The number of rotatable bonds is 4. The normalized spacial score (nSPS) is 30.9. The number of carbonyl (C=O) groups excluding carboxylic acids is 4. The molecular formula is C18H26N4O5. The first-order chi connectivity index (χ1) is 12.8. The summed E-state index contributed by atoms with van der Waals surface area (Å²) in [6.07, 6.45) is 3.37. The number of hydrogen-bond acceptors (Lipinski definition) is 5. The molecule has 2 fully saturated rings. The van der Waals surface area contributed by atoms with Crippen LogP contribution in [0.5, 0.6) is 0 Å². The number of carbonyl (C=O) groups is 4. The van der Waals surface area contributed by atoms with Crippen LogP contribution in [-0.2, 0) is 14.3 Å². The summed E-state index contributed by atoms with van der Waals surface area (Å²) in [5, 5.41) is 8.03. The van der Waals surface area contributed by atoms with Gasteiger partial charge in [-0.3, -0.25) is 9.69 Å². The number of nitrogens with one attached hydrogen (secondary N) is 3. The fourth-order valence-electron chi connectivity index (χ4n) is 4.20. The van der Waals surface area contributed by atoms with Gasteiger partial charge in [0.1, 0.15) is 5.54 Å². The zero-order valence-corrected chi connectivity index (χ0v) is 15.9. The second kappa shape index (κ2) is 7.21. The standard InChI is InChI=1S/C18H26N4O5/c1-4-27-14(23)13-11(3)19-16(25)20-12(13)9-22-15(24)18(21-17(22)26)8-6-5-7-10(18)2/h10-11H,4-9H2,1-3H3,(H,21,26)(H2,19,20,25)/t10-,11-,18+/m0/s1. The molecule has 3 N–H and O–H groups in total. The van der Waals surface area contributed by atoms with Gasteiger partial charge in [-0.2, -0.15) is 0 Å². The number of urea groups is 2. The maximum Gasteiger partial charge on any atom is 0.337 e. The topological polar surface area (TPSA) is 117 Å². The monoisotopic (exact) mass is 378 g/mol. The van der Waals surface area contributed by atoms with E-state index in [-0.39, 0.29) is 36.2 Å². The molecule has 0 radical (unpaired) electrons. The molecule has 0 unspecified atom stereocenters. The van der Waals surface area contributed by atoms with Crippen molar-refractivity contribution in [2.45, 2.75) is 58.0 Å². The molecular weight excluding hydrogens is 352 g/mol. The molecule has 2 heterocycles. The van der Waals surface area contributed by atoms with Crippen LogP contribution in [0.25, 0.3) is 0 Å². The quantitative estimate of drug-likeness (QED) is 0.498. The van der Waals surface area contributed by atoms with Crippen molar-refractivity contribution < 1.29 is 23.9 Å². The summed E-state index contributed by atoms with van der Waals surface area (Å²) < 4.78 is 5.07. The van der Waals surface area contributed by atoms with E-state index in [1.165, 1.54) is 0 Å². The van der Waals surface area contributed by atoms with Crippen LogP contribution in [0.15, 0.2) is 11.3 Å². The average Bonchev–Trinajstić information content (AvgIpc) is 2.82. The van der Waals surface area contributed by atoms with Crippen molar-refractivity contribution in [3.05, 3.63) is 11.3 Å². The molecule has 2 aliphatic heterocycles. The fourth-order valence-corrected chi connectivity index (χ4v) is 4.20. The van der Waals surface area contributed by atoms with Crippen molar-refractivity contribution in [3.63, 3.8) is 0 Å².